The van der Waals surface area contributed by atoms with Gasteiger partial charge in [0.05, 0.1) is 19.0 Å². The first-order chi connectivity index (χ1) is 10.8. The van der Waals surface area contributed by atoms with Crippen LogP contribution in [0.5, 0.6) is 0 Å². The van der Waals surface area contributed by atoms with Gasteiger partial charge in [0, 0.05) is 12.1 Å². The molecule has 1 N–H and O–H groups in total. The van der Waals surface area contributed by atoms with Crippen molar-refractivity contribution in [1.82, 2.24) is 15.2 Å². The summed E-state index contributed by atoms with van der Waals surface area (Å²) >= 11 is 1.25. The van der Waals surface area contributed by atoms with Crippen LogP contribution in [0.2, 0.25) is 0 Å². The number of carbonyl (C=O) groups is 2. The van der Waals surface area contributed by atoms with Gasteiger partial charge < -0.3 is 14.6 Å². The molecule has 0 unspecified atom stereocenters. The van der Waals surface area contributed by atoms with Gasteiger partial charge in [0.25, 0.3) is 5.91 Å². The summed E-state index contributed by atoms with van der Waals surface area (Å²) in [5.74, 6) is 0.248. The molecule has 0 atom stereocenters. The van der Waals surface area contributed by atoms with Crippen LogP contribution in [0.3, 0.4) is 0 Å². The number of rotatable bonds is 5. The average Bonchev–Trinajstić information content (AvgIpc) is 3.11. The van der Waals surface area contributed by atoms with Crippen LogP contribution in [0.25, 0.3) is 10.8 Å². The van der Waals surface area contributed by atoms with Crippen molar-refractivity contribution in [2.75, 3.05) is 13.1 Å². The molecule has 0 aliphatic rings. The van der Waals surface area contributed by atoms with Gasteiger partial charge in [-0.2, -0.15) is 0 Å². The van der Waals surface area contributed by atoms with E-state index in [4.69, 9.17) is 4.42 Å². The number of carbonyl (C=O) groups excluding carboxylic acids is 2. The van der Waals surface area contributed by atoms with Crippen LogP contribution in [-0.2, 0) is 4.79 Å². The van der Waals surface area contributed by atoms with Gasteiger partial charge in [-0.3, -0.25) is 9.59 Å². The molecule has 0 radical (unpaired) electrons. The first kappa shape index (κ1) is 17.2. The predicted octanol–water partition coefficient (Wildman–Crippen LogP) is 2.78. The standard InChI is InChI=1S/C16H21N3O3S/c1-5-19(10-13(20)18-16(2,3)4)15(21)12-9-17-14(23-12)11-7-6-8-22-11/h6-9H,5,10H2,1-4H3,(H,18,20). The second kappa shape index (κ2) is 6.95. The van der Waals surface area contributed by atoms with Crippen molar-refractivity contribution in [2.24, 2.45) is 0 Å². The van der Waals surface area contributed by atoms with E-state index in [0.29, 0.717) is 22.2 Å². The lowest BCUT2D eigenvalue weighted by Crippen LogP contribution is -2.47. The van der Waals surface area contributed by atoms with Gasteiger partial charge in [-0.05, 0) is 39.8 Å². The van der Waals surface area contributed by atoms with E-state index >= 15 is 0 Å². The van der Waals surface area contributed by atoms with Crippen LogP contribution in [-0.4, -0.2) is 40.3 Å². The van der Waals surface area contributed by atoms with Gasteiger partial charge >= 0.3 is 0 Å². The highest BCUT2D eigenvalue weighted by molar-refractivity contribution is 7.16. The Hall–Kier alpha value is -2.15. The lowest BCUT2D eigenvalue weighted by molar-refractivity contribution is -0.123. The minimum absolute atomic E-state index is 0.0284. The topological polar surface area (TPSA) is 75.4 Å². The molecule has 23 heavy (non-hydrogen) atoms. The third-order valence-electron chi connectivity index (χ3n) is 2.97. The summed E-state index contributed by atoms with van der Waals surface area (Å²) in [6, 6.07) is 3.56. The summed E-state index contributed by atoms with van der Waals surface area (Å²) < 4.78 is 5.28. The number of furan rings is 1. The van der Waals surface area contributed by atoms with Crippen LogP contribution in [0.4, 0.5) is 0 Å². The van der Waals surface area contributed by atoms with Crippen LogP contribution < -0.4 is 5.32 Å². The SMILES string of the molecule is CCN(CC(=O)NC(C)(C)C)C(=O)c1cnc(-c2ccco2)s1. The van der Waals surface area contributed by atoms with Crippen molar-refractivity contribution in [1.29, 1.82) is 0 Å². The molecule has 0 aliphatic heterocycles. The molecular weight excluding hydrogens is 314 g/mol. The summed E-state index contributed by atoms with van der Waals surface area (Å²) in [7, 11) is 0. The minimum atomic E-state index is -0.323. The highest BCUT2D eigenvalue weighted by Crippen LogP contribution is 2.26. The van der Waals surface area contributed by atoms with Gasteiger partial charge in [0.15, 0.2) is 10.8 Å². The molecule has 2 amide bonds. The number of amides is 2. The Labute approximate surface area is 139 Å². The third kappa shape index (κ3) is 4.66. The Morgan fingerprint density at radius 2 is 2.13 bits per heavy atom. The Kier molecular flexibility index (Phi) is 5.20. The molecule has 2 aromatic rings. The summed E-state index contributed by atoms with van der Waals surface area (Å²) in [5.41, 5.74) is -0.323. The molecule has 2 rings (SSSR count). The summed E-state index contributed by atoms with van der Waals surface area (Å²) in [5, 5.41) is 3.50. The highest BCUT2D eigenvalue weighted by atomic mass is 32.1. The maximum absolute atomic E-state index is 12.5. The van der Waals surface area contributed by atoms with Crippen LogP contribution in [0.15, 0.2) is 29.0 Å². The highest BCUT2D eigenvalue weighted by Gasteiger charge is 2.22. The number of hydrogen-bond acceptors (Lipinski definition) is 5. The van der Waals surface area contributed by atoms with Crippen LogP contribution >= 0.6 is 11.3 Å². The molecule has 0 spiro atoms. The maximum Gasteiger partial charge on any atom is 0.266 e. The summed E-state index contributed by atoms with van der Waals surface area (Å²) in [4.78, 5) is 30.8. The lowest BCUT2D eigenvalue weighted by atomic mass is 10.1. The van der Waals surface area contributed by atoms with E-state index < -0.39 is 0 Å². The quantitative estimate of drug-likeness (QED) is 0.911. The van der Waals surface area contributed by atoms with Gasteiger partial charge in [-0.1, -0.05) is 0 Å². The minimum Gasteiger partial charge on any atom is -0.462 e. The largest absolute Gasteiger partial charge is 0.462 e. The molecule has 0 aliphatic carbocycles. The van der Waals surface area contributed by atoms with E-state index in [1.165, 1.54) is 22.4 Å². The number of nitrogens with zero attached hydrogens (tertiary/aromatic N) is 2. The summed E-state index contributed by atoms with van der Waals surface area (Å²) in [6.07, 6.45) is 3.09. The normalized spacial score (nSPS) is 11.3. The Morgan fingerprint density at radius 1 is 1.39 bits per heavy atom. The molecule has 0 saturated heterocycles. The van der Waals surface area contributed by atoms with Crippen molar-refractivity contribution < 1.29 is 14.0 Å². The van der Waals surface area contributed by atoms with Crippen molar-refractivity contribution in [2.45, 2.75) is 33.2 Å². The van der Waals surface area contributed by atoms with Gasteiger partial charge in [-0.15, -0.1) is 11.3 Å². The second-order valence-corrected chi connectivity index (χ2v) is 7.16. The maximum atomic E-state index is 12.5. The second-order valence-electron chi connectivity index (χ2n) is 6.12. The number of likely N-dealkylation sites (N-methyl/N-ethyl adjacent to an activating group) is 1. The lowest BCUT2D eigenvalue weighted by Gasteiger charge is -2.24. The van der Waals surface area contributed by atoms with E-state index in [1.807, 2.05) is 27.7 Å². The van der Waals surface area contributed by atoms with Crippen molar-refractivity contribution >= 4 is 23.2 Å². The zero-order chi connectivity index (χ0) is 17.0. The number of hydrogen-bond donors (Lipinski definition) is 1. The Morgan fingerprint density at radius 3 is 2.70 bits per heavy atom. The average molecular weight is 335 g/mol. The zero-order valence-corrected chi connectivity index (χ0v) is 14.6. The number of nitrogens with one attached hydrogen (secondary N) is 1. The Bertz CT molecular complexity index is 671. The molecule has 2 heterocycles. The monoisotopic (exact) mass is 335 g/mol. The molecule has 0 fully saturated rings. The van der Waals surface area contributed by atoms with Gasteiger partial charge in [0.2, 0.25) is 5.91 Å². The fourth-order valence-electron chi connectivity index (χ4n) is 2.00. The zero-order valence-electron chi connectivity index (χ0n) is 13.8. The van der Waals surface area contributed by atoms with Crippen LogP contribution in [0.1, 0.15) is 37.4 Å². The van der Waals surface area contributed by atoms with Gasteiger partial charge in [-0.25, -0.2) is 4.98 Å². The molecule has 0 bridgehead atoms. The molecular formula is C16H21N3O3S. The smallest absolute Gasteiger partial charge is 0.266 e. The molecule has 2 aromatic heterocycles. The predicted molar refractivity (Wildman–Crippen MR) is 89.3 cm³/mol. The van der Waals surface area contributed by atoms with Crippen molar-refractivity contribution in [3.05, 3.63) is 29.5 Å². The molecule has 0 aromatic carbocycles. The molecule has 124 valence electrons. The molecule has 7 heteroatoms. The van der Waals surface area contributed by atoms with Gasteiger partial charge in [0.1, 0.15) is 4.88 Å². The van der Waals surface area contributed by atoms with E-state index in [2.05, 4.69) is 10.3 Å². The first-order valence-electron chi connectivity index (χ1n) is 7.40. The van der Waals surface area contributed by atoms with Crippen molar-refractivity contribution in [3.63, 3.8) is 0 Å². The van der Waals surface area contributed by atoms with E-state index in [9.17, 15) is 9.59 Å². The molecule has 0 saturated carbocycles. The fourth-order valence-corrected chi connectivity index (χ4v) is 2.85. The van der Waals surface area contributed by atoms with E-state index in [1.54, 1.807) is 18.4 Å². The van der Waals surface area contributed by atoms with E-state index in [-0.39, 0.29) is 23.9 Å². The third-order valence-corrected chi connectivity index (χ3v) is 3.97. The fraction of sp³-hybridized carbons (Fsp3) is 0.438. The number of aromatic nitrogens is 1. The van der Waals surface area contributed by atoms with Crippen LogP contribution in [0, 0.1) is 0 Å². The van der Waals surface area contributed by atoms with E-state index in [0.717, 1.165) is 0 Å². The van der Waals surface area contributed by atoms with Crippen molar-refractivity contribution in [3.8, 4) is 10.8 Å². The first-order valence-corrected chi connectivity index (χ1v) is 8.22. The Balaban J connectivity index is 2.06. The summed E-state index contributed by atoms with van der Waals surface area (Å²) in [6.45, 7) is 8.03. The number of thiazole rings is 1. The molecule has 6 nitrogen and oxygen atoms in total.